The van der Waals surface area contributed by atoms with E-state index >= 15 is 0 Å². The number of rotatable bonds is 1. The summed E-state index contributed by atoms with van der Waals surface area (Å²) in [5.41, 5.74) is 2.34. The summed E-state index contributed by atoms with van der Waals surface area (Å²) in [7, 11) is 0. The molecule has 3 rings (SSSR count). The van der Waals surface area contributed by atoms with Crippen LogP contribution in [0.5, 0.6) is 0 Å². The quantitative estimate of drug-likeness (QED) is 0.732. The number of imidazole rings is 1. The lowest BCUT2D eigenvalue weighted by molar-refractivity contribution is 0.647. The zero-order valence-electron chi connectivity index (χ0n) is 8.60. The Kier molecular flexibility index (Phi) is 2.41. The van der Waals surface area contributed by atoms with Crippen LogP contribution in [-0.4, -0.2) is 20.9 Å². The Morgan fingerprint density at radius 3 is 3.20 bits per heavy atom. The third kappa shape index (κ3) is 1.76. The third-order valence-corrected chi connectivity index (χ3v) is 4.18. The second-order valence-corrected chi connectivity index (χ2v) is 5.20. The van der Waals surface area contributed by atoms with Crippen molar-refractivity contribution in [2.45, 2.75) is 18.8 Å². The second kappa shape index (κ2) is 3.89. The molecular formula is C12H14N2S. The van der Waals surface area contributed by atoms with Crippen LogP contribution in [0.2, 0.25) is 0 Å². The number of fused-ring (bicyclic) bond motifs is 1. The normalized spacial score (nSPS) is 22.0. The second-order valence-electron chi connectivity index (χ2n) is 4.05. The molecule has 1 aliphatic rings. The maximum atomic E-state index is 4.69. The van der Waals surface area contributed by atoms with E-state index in [0.29, 0.717) is 5.92 Å². The lowest BCUT2D eigenvalue weighted by Gasteiger charge is -2.18. The van der Waals surface area contributed by atoms with Crippen LogP contribution in [0.3, 0.4) is 0 Å². The lowest BCUT2D eigenvalue weighted by Crippen LogP contribution is -2.08. The van der Waals surface area contributed by atoms with Crippen LogP contribution in [0.1, 0.15) is 24.5 Å². The molecule has 1 saturated heterocycles. The molecule has 3 heterocycles. The van der Waals surface area contributed by atoms with Crippen molar-refractivity contribution in [2.24, 2.45) is 0 Å². The minimum absolute atomic E-state index is 0.670. The van der Waals surface area contributed by atoms with Gasteiger partial charge in [0.1, 0.15) is 5.65 Å². The maximum absolute atomic E-state index is 4.69. The Bertz CT molecular complexity index is 424. The first-order chi connectivity index (χ1) is 7.43. The first-order valence-electron chi connectivity index (χ1n) is 5.45. The molecule has 0 aliphatic carbocycles. The Labute approximate surface area is 93.7 Å². The zero-order chi connectivity index (χ0) is 10.1. The minimum atomic E-state index is 0.670. The zero-order valence-corrected chi connectivity index (χ0v) is 9.41. The van der Waals surface area contributed by atoms with Gasteiger partial charge in [0.2, 0.25) is 0 Å². The molecule has 15 heavy (non-hydrogen) atoms. The summed E-state index contributed by atoms with van der Waals surface area (Å²) in [6.45, 7) is 0. The molecule has 0 bridgehead atoms. The fourth-order valence-corrected chi connectivity index (χ4v) is 3.28. The molecule has 0 amide bonds. The van der Waals surface area contributed by atoms with Gasteiger partial charge >= 0.3 is 0 Å². The fraction of sp³-hybridized carbons (Fsp3) is 0.417. The molecule has 1 fully saturated rings. The van der Waals surface area contributed by atoms with Crippen LogP contribution in [0.15, 0.2) is 30.6 Å². The van der Waals surface area contributed by atoms with Crippen LogP contribution in [0.4, 0.5) is 0 Å². The van der Waals surface area contributed by atoms with Crippen molar-refractivity contribution in [2.75, 3.05) is 11.5 Å². The molecule has 3 heteroatoms. The summed E-state index contributed by atoms with van der Waals surface area (Å²) in [5, 5.41) is 0. The molecule has 1 unspecified atom stereocenters. The summed E-state index contributed by atoms with van der Waals surface area (Å²) in [6, 6.07) is 6.16. The number of hydrogen-bond donors (Lipinski definition) is 0. The molecule has 2 nitrogen and oxygen atoms in total. The Hall–Kier alpha value is -0.960. The Morgan fingerprint density at radius 1 is 1.40 bits per heavy atom. The Morgan fingerprint density at radius 2 is 2.40 bits per heavy atom. The molecule has 78 valence electrons. The highest BCUT2D eigenvalue weighted by molar-refractivity contribution is 7.99. The first kappa shape index (κ1) is 9.28. The van der Waals surface area contributed by atoms with Gasteiger partial charge in [0, 0.05) is 24.1 Å². The van der Waals surface area contributed by atoms with Crippen molar-refractivity contribution in [3.8, 4) is 0 Å². The molecule has 0 saturated carbocycles. The van der Waals surface area contributed by atoms with Crippen molar-refractivity contribution in [1.82, 2.24) is 9.38 Å². The molecule has 2 aromatic rings. The maximum Gasteiger partial charge on any atom is 0.136 e. The average molecular weight is 218 g/mol. The van der Waals surface area contributed by atoms with Crippen molar-refractivity contribution in [1.29, 1.82) is 0 Å². The number of nitrogens with zero attached hydrogens (tertiary/aromatic N) is 2. The molecule has 2 aromatic heterocycles. The summed E-state index contributed by atoms with van der Waals surface area (Å²) >= 11 is 2.06. The van der Waals surface area contributed by atoms with Crippen LogP contribution < -0.4 is 0 Å². The first-order valence-corrected chi connectivity index (χ1v) is 6.60. The van der Waals surface area contributed by atoms with Crippen LogP contribution in [-0.2, 0) is 0 Å². The average Bonchev–Trinajstić information content (AvgIpc) is 2.74. The largest absolute Gasteiger partial charge is 0.307 e. The van der Waals surface area contributed by atoms with E-state index in [1.54, 1.807) is 0 Å². The van der Waals surface area contributed by atoms with E-state index < -0.39 is 0 Å². The van der Waals surface area contributed by atoms with E-state index in [1.165, 1.54) is 30.0 Å². The lowest BCUT2D eigenvalue weighted by atomic mass is 10.0. The monoisotopic (exact) mass is 218 g/mol. The van der Waals surface area contributed by atoms with Gasteiger partial charge in [0.15, 0.2) is 0 Å². The van der Waals surface area contributed by atoms with Crippen molar-refractivity contribution in [3.63, 3.8) is 0 Å². The van der Waals surface area contributed by atoms with Crippen molar-refractivity contribution in [3.05, 3.63) is 36.3 Å². The van der Waals surface area contributed by atoms with Gasteiger partial charge in [-0.05, 0) is 30.7 Å². The fourth-order valence-electron chi connectivity index (χ4n) is 2.12. The number of pyridine rings is 1. The highest BCUT2D eigenvalue weighted by Crippen LogP contribution is 2.30. The number of hydrogen-bond acceptors (Lipinski definition) is 2. The standard InChI is InChI=1S/C12H14N2S/c1-2-6-14-8-11(13-12(14)5-1)10-4-3-7-15-9-10/h1-2,5-6,8,10H,3-4,7,9H2. The van der Waals surface area contributed by atoms with Gasteiger partial charge in [-0.1, -0.05) is 6.07 Å². The predicted octanol–water partition coefficient (Wildman–Crippen LogP) is 2.94. The van der Waals surface area contributed by atoms with E-state index in [1.807, 2.05) is 12.1 Å². The number of thioether (sulfide) groups is 1. The van der Waals surface area contributed by atoms with Crippen molar-refractivity contribution < 1.29 is 0 Å². The molecule has 0 radical (unpaired) electrons. The van der Waals surface area contributed by atoms with E-state index in [4.69, 9.17) is 0 Å². The predicted molar refractivity (Wildman–Crippen MR) is 64.5 cm³/mol. The van der Waals surface area contributed by atoms with Crippen molar-refractivity contribution >= 4 is 17.4 Å². The Balaban J connectivity index is 1.96. The van der Waals surface area contributed by atoms with Gasteiger partial charge in [-0.3, -0.25) is 0 Å². The summed E-state index contributed by atoms with van der Waals surface area (Å²) < 4.78 is 2.12. The molecule has 1 atom stereocenters. The van der Waals surface area contributed by atoms with Gasteiger partial charge in [-0.15, -0.1) is 0 Å². The highest BCUT2D eigenvalue weighted by Gasteiger charge is 2.18. The van der Waals surface area contributed by atoms with Crippen LogP contribution >= 0.6 is 11.8 Å². The van der Waals surface area contributed by atoms with Gasteiger partial charge in [0.25, 0.3) is 0 Å². The van der Waals surface area contributed by atoms with Gasteiger partial charge in [0.05, 0.1) is 5.69 Å². The van der Waals surface area contributed by atoms with Crippen LogP contribution in [0.25, 0.3) is 5.65 Å². The summed E-state index contributed by atoms with van der Waals surface area (Å²) in [4.78, 5) is 4.69. The highest BCUT2D eigenvalue weighted by atomic mass is 32.2. The molecule has 0 aromatic carbocycles. The summed E-state index contributed by atoms with van der Waals surface area (Å²) in [5.74, 6) is 3.23. The molecular weight excluding hydrogens is 204 g/mol. The third-order valence-electron chi connectivity index (χ3n) is 2.96. The van der Waals surface area contributed by atoms with E-state index in [0.717, 1.165) is 5.65 Å². The topological polar surface area (TPSA) is 17.3 Å². The van der Waals surface area contributed by atoms with Gasteiger partial charge < -0.3 is 4.40 Å². The molecule has 1 aliphatic heterocycles. The molecule has 0 N–H and O–H groups in total. The SMILES string of the molecule is c1ccn2cc(C3CCCSC3)nc2c1. The number of aromatic nitrogens is 2. The van der Waals surface area contributed by atoms with Gasteiger partial charge in [-0.25, -0.2) is 4.98 Å². The van der Waals surface area contributed by atoms with E-state index in [9.17, 15) is 0 Å². The summed E-state index contributed by atoms with van der Waals surface area (Å²) in [6.07, 6.45) is 6.90. The van der Waals surface area contributed by atoms with E-state index in [-0.39, 0.29) is 0 Å². The smallest absolute Gasteiger partial charge is 0.136 e. The minimum Gasteiger partial charge on any atom is -0.307 e. The molecule has 0 spiro atoms. The van der Waals surface area contributed by atoms with E-state index in [2.05, 4.69) is 39.6 Å². The van der Waals surface area contributed by atoms with Gasteiger partial charge in [-0.2, -0.15) is 11.8 Å². The van der Waals surface area contributed by atoms with Crippen LogP contribution in [0, 0.1) is 0 Å².